The van der Waals surface area contributed by atoms with Gasteiger partial charge in [0.1, 0.15) is 11.9 Å². The lowest BCUT2D eigenvalue weighted by Gasteiger charge is -2.20. The Morgan fingerprint density at radius 1 is 0.758 bits per heavy atom. The van der Waals surface area contributed by atoms with Crippen LogP contribution in [0.1, 0.15) is 82.3 Å². The summed E-state index contributed by atoms with van der Waals surface area (Å²) in [5, 5.41) is 13.9. The lowest BCUT2D eigenvalue weighted by atomic mass is 10.0. The number of benzene rings is 2. The summed E-state index contributed by atoms with van der Waals surface area (Å²) in [6.45, 7) is 4.36. The largest absolute Gasteiger partial charge is 0.473 e. The predicted molar refractivity (Wildman–Crippen MR) is 140 cm³/mol. The first-order chi connectivity index (χ1) is 16.2. The van der Waals surface area contributed by atoms with Gasteiger partial charge in [-0.1, -0.05) is 94.3 Å². The van der Waals surface area contributed by atoms with Gasteiger partial charge in [-0.15, -0.1) is 0 Å². The van der Waals surface area contributed by atoms with Crippen LogP contribution in [0.25, 0.3) is 0 Å². The molecule has 0 saturated heterocycles. The van der Waals surface area contributed by atoms with Crippen LogP contribution >= 0.6 is 0 Å². The van der Waals surface area contributed by atoms with Gasteiger partial charge in [-0.2, -0.15) is 0 Å². The van der Waals surface area contributed by atoms with Crippen molar-refractivity contribution < 1.29 is 9.84 Å². The summed E-state index contributed by atoms with van der Waals surface area (Å²) in [7, 11) is 0. The molecule has 33 heavy (non-hydrogen) atoms. The number of aryl methyl sites for hydroxylation is 1. The topological polar surface area (TPSA) is 67.5 Å². The van der Waals surface area contributed by atoms with E-state index in [0.717, 1.165) is 50.9 Å². The molecule has 2 unspecified atom stereocenters. The van der Waals surface area contributed by atoms with Crippen molar-refractivity contribution in [3.05, 3.63) is 65.7 Å². The summed E-state index contributed by atoms with van der Waals surface area (Å²) in [6, 6.07) is 18.6. The van der Waals surface area contributed by atoms with Gasteiger partial charge in [-0.25, -0.2) is 0 Å². The summed E-state index contributed by atoms with van der Waals surface area (Å²) < 4.78 is 5.77. The molecule has 0 spiro atoms. The standard InChI is InChI=1S/C29H46N2O2/c1-2-3-4-5-6-13-23-31-24-22-26-18-20-27(21-19-26)33-29(30)28(32)17-12-8-11-16-25-14-9-7-10-15-25/h7,9-10,14-15,18-21,28-29,31-32H,2-6,8,11-13,16-17,22-24,30H2,1H3. The van der Waals surface area contributed by atoms with Crippen LogP contribution in [0, 0.1) is 0 Å². The first-order valence-electron chi connectivity index (χ1n) is 13.1. The maximum Gasteiger partial charge on any atom is 0.173 e. The van der Waals surface area contributed by atoms with Crippen molar-refractivity contribution in [2.45, 2.75) is 96.3 Å². The van der Waals surface area contributed by atoms with Crippen LogP contribution in [0.2, 0.25) is 0 Å². The average Bonchev–Trinajstić information content (AvgIpc) is 2.84. The minimum absolute atomic E-state index is 0.646. The van der Waals surface area contributed by atoms with Crippen molar-refractivity contribution in [3.8, 4) is 5.75 Å². The fourth-order valence-corrected chi connectivity index (χ4v) is 4.03. The van der Waals surface area contributed by atoms with Crippen molar-refractivity contribution in [2.24, 2.45) is 5.73 Å². The highest BCUT2D eigenvalue weighted by molar-refractivity contribution is 5.27. The van der Waals surface area contributed by atoms with Crippen molar-refractivity contribution in [1.29, 1.82) is 0 Å². The number of rotatable bonds is 19. The zero-order valence-electron chi connectivity index (χ0n) is 20.7. The van der Waals surface area contributed by atoms with E-state index >= 15 is 0 Å². The molecule has 184 valence electrons. The molecule has 0 bridgehead atoms. The Hall–Kier alpha value is -1.88. The maximum absolute atomic E-state index is 10.3. The summed E-state index contributed by atoms with van der Waals surface area (Å²) in [5.41, 5.74) is 8.73. The molecule has 0 radical (unpaired) electrons. The number of nitrogens with two attached hydrogens (primary N) is 1. The van der Waals surface area contributed by atoms with Gasteiger partial charge in [-0.3, -0.25) is 5.73 Å². The molecule has 0 saturated carbocycles. The Bertz CT molecular complexity index is 705. The zero-order chi connectivity index (χ0) is 23.6. The molecule has 4 heteroatoms. The third-order valence-electron chi connectivity index (χ3n) is 6.18. The molecule has 4 N–H and O–H groups in total. The van der Waals surface area contributed by atoms with E-state index in [1.54, 1.807) is 0 Å². The lowest BCUT2D eigenvalue weighted by Crippen LogP contribution is -2.39. The second-order valence-electron chi connectivity index (χ2n) is 9.15. The van der Waals surface area contributed by atoms with Crippen molar-refractivity contribution in [1.82, 2.24) is 5.32 Å². The second-order valence-corrected chi connectivity index (χ2v) is 9.15. The molecule has 0 aliphatic heterocycles. The maximum atomic E-state index is 10.3. The van der Waals surface area contributed by atoms with E-state index in [0.29, 0.717) is 6.42 Å². The van der Waals surface area contributed by atoms with Gasteiger partial charge in [0, 0.05) is 0 Å². The molecule has 0 heterocycles. The van der Waals surface area contributed by atoms with Crippen molar-refractivity contribution in [2.75, 3.05) is 13.1 Å². The molecule has 0 aromatic heterocycles. The predicted octanol–water partition coefficient (Wildman–Crippen LogP) is 6.01. The van der Waals surface area contributed by atoms with E-state index < -0.39 is 12.3 Å². The monoisotopic (exact) mass is 454 g/mol. The molecule has 4 nitrogen and oxygen atoms in total. The van der Waals surface area contributed by atoms with Gasteiger partial charge in [0.2, 0.25) is 0 Å². The van der Waals surface area contributed by atoms with Crippen LogP contribution in [0.4, 0.5) is 0 Å². The van der Waals surface area contributed by atoms with Gasteiger partial charge >= 0.3 is 0 Å². The van der Waals surface area contributed by atoms with E-state index in [-0.39, 0.29) is 0 Å². The Kier molecular flexibility index (Phi) is 14.6. The zero-order valence-corrected chi connectivity index (χ0v) is 20.7. The highest BCUT2D eigenvalue weighted by atomic mass is 16.5. The smallest absolute Gasteiger partial charge is 0.173 e. The Morgan fingerprint density at radius 2 is 1.42 bits per heavy atom. The van der Waals surface area contributed by atoms with E-state index in [1.165, 1.54) is 49.7 Å². The third kappa shape index (κ3) is 12.8. The SMILES string of the molecule is CCCCCCCCNCCc1ccc(OC(N)C(O)CCCCCc2ccccc2)cc1. The van der Waals surface area contributed by atoms with E-state index in [2.05, 4.69) is 48.6 Å². The third-order valence-corrected chi connectivity index (χ3v) is 6.18. The van der Waals surface area contributed by atoms with Crippen LogP contribution in [-0.4, -0.2) is 30.5 Å². The molecular formula is C29H46N2O2. The molecule has 0 amide bonds. The summed E-state index contributed by atoms with van der Waals surface area (Å²) >= 11 is 0. The number of unbranched alkanes of at least 4 members (excludes halogenated alkanes) is 7. The Labute approximate surface area is 201 Å². The van der Waals surface area contributed by atoms with Gasteiger partial charge in [0.25, 0.3) is 0 Å². The first kappa shape index (κ1) is 27.4. The van der Waals surface area contributed by atoms with Gasteiger partial charge in [0.05, 0.1) is 0 Å². The number of aliphatic hydroxyl groups excluding tert-OH is 1. The quantitative estimate of drug-likeness (QED) is 0.180. The minimum atomic E-state index is -0.691. The number of aliphatic hydroxyl groups is 1. The van der Waals surface area contributed by atoms with Gasteiger partial charge < -0.3 is 15.2 Å². The molecule has 0 aliphatic carbocycles. The average molecular weight is 455 g/mol. The fraction of sp³-hybridized carbons (Fsp3) is 0.586. The van der Waals surface area contributed by atoms with Crippen molar-refractivity contribution >= 4 is 0 Å². The summed E-state index contributed by atoms with van der Waals surface area (Å²) in [6.07, 6.45) is 12.6. The highest BCUT2D eigenvalue weighted by Gasteiger charge is 2.16. The van der Waals surface area contributed by atoms with E-state index in [1.807, 2.05) is 18.2 Å². The van der Waals surface area contributed by atoms with Crippen LogP contribution in [0.3, 0.4) is 0 Å². The molecular weight excluding hydrogens is 408 g/mol. The van der Waals surface area contributed by atoms with E-state index in [9.17, 15) is 5.11 Å². The highest BCUT2D eigenvalue weighted by Crippen LogP contribution is 2.16. The van der Waals surface area contributed by atoms with E-state index in [4.69, 9.17) is 10.5 Å². The Balaban J connectivity index is 1.52. The number of nitrogens with one attached hydrogen (secondary N) is 1. The second kappa shape index (κ2) is 17.6. The molecule has 2 aromatic carbocycles. The molecule has 0 aliphatic rings. The van der Waals surface area contributed by atoms with Gasteiger partial charge in [0.15, 0.2) is 6.23 Å². The Morgan fingerprint density at radius 3 is 2.18 bits per heavy atom. The molecule has 0 fully saturated rings. The number of hydrogen-bond donors (Lipinski definition) is 3. The van der Waals surface area contributed by atoms with Crippen LogP contribution in [0.15, 0.2) is 54.6 Å². The normalized spacial score (nSPS) is 13.1. The van der Waals surface area contributed by atoms with Crippen LogP contribution in [0.5, 0.6) is 5.75 Å². The van der Waals surface area contributed by atoms with Crippen LogP contribution in [-0.2, 0) is 12.8 Å². The molecule has 2 aromatic rings. The van der Waals surface area contributed by atoms with Gasteiger partial charge in [-0.05, 0) is 68.5 Å². The summed E-state index contributed by atoms with van der Waals surface area (Å²) in [4.78, 5) is 0. The first-order valence-corrected chi connectivity index (χ1v) is 13.1. The van der Waals surface area contributed by atoms with Crippen LogP contribution < -0.4 is 15.8 Å². The molecule has 2 atom stereocenters. The number of hydrogen-bond acceptors (Lipinski definition) is 4. The van der Waals surface area contributed by atoms with Crippen molar-refractivity contribution in [3.63, 3.8) is 0 Å². The lowest BCUT2D eigenvalue weighted by molar-refractivity contribution is 0.0330. The fourth-order valence-electron chi connectivity index (χ4n) is 4.03. The number of ether oxygens (including phenoxy) is 1. The molecule has 2 rings (SSSR count). The summed E-state index contributed by atoms with van der Waals surface area (Å²) in [5.74, 6) is 0.717. The minimum Gasteiger partial charge on any atom is -0.473 e.